The van der Waals surface area contributed by atoms with Crippen molar-refractivity contribution in [2.24, 2.45) is 11.8 Å². The molecule has 0 aromatic carbocycles. The molecular weight excluding hydrogens is 204 g/mol. The summed E-state index contributed by atoms with van der Waals surface area (Å²) in [6.07, 6.45) is 10.0. The molecule has 2 fully saturated rings. The van der Waals surface area contributed by atoms with E-state index in [9.17, 15) is 9.59 Å². The molecule has 0 spiro atoms. The van der Waals surface area contributed by atoms with E-state index in [1.165, 1.54) is 32.1 Å². The summed E-state index contributed by atoms with van der Waals surface area (Å²) in [6, 6.07) is 0. The highest BCUT2D eigenvalue weighted by molar-refractivity contribution is 5.96. The molecule has 1 heterocycles. The van der Waals surface area contributed by atoms with Crippen LogP contribution in [0.1, 0.15) is 57.8 Å². The Morgan fingerprint density at radius 2 is 1.06 bits per heavy atom. The Kier molecular flexibility index (Phi) is 3.97. The molecule has 2 rings (SSSR count). The molecule has 0 amide bonds. The molecule has 90 valence electrons. The fraction of sp³-hybridized carbons (Fsp3) is 0.846. The van der Waals surface area contributed by atoms with Crippen LogP contribution in [0, 0.1) is 11.8 Å². The predicted octanol–water partition coefficient (Wildman–Crippen LogP) is 2.83. The number of fused-ring (bicyclic) bond motifs is 1. The second-order valence-electron chi connectivity index (χ2n) is 5.01. The third kappa shape index (κ3) is 2.63. The van der Waals surface area contributed by atoms with Crippen molar-refractivity contribution in [3.63, 3.8) is 0 Å². The summed E-state index contributed by atoms with van der Waals surface area (Å²) in [7, 11) is 0. The molecule has 1 saturated heterocycles. The van der Waals surface area contributed by atoms with Crippen molar-refractivity contribution < 1.29 is 14.3 Å². The molecule has 1 saturated carbocycles. The average Bonchev–Trinajstić information content (AvgIpc) is 2.51. The van der Waals surface area contributed by atoms with E-state index in [-0.39, 0.29) is 23.8 Å². The summed E-state index contributed by atoms with van der Waals surface area (Å²) in [4.78, 5) is 23.1. The van der Waals surface area contributed by atoms with Crippen LogP contribution in [-0.4, -0.2) is 11.9 Å². The SMILES string of the molecule is O=C1OC(=O)C2CCCCCCCCCC12. The highest BCUT2D eigenvalue weighted by Crippen LogP contribution is 2.33. The molecule has 2 unspecified atom stereocenters. The van der Waals surface area contributed by atoms with E-state index in [4.69, 9.17) is 4.74 Å². The Bertz CT molecular complexity index is 246. The number of esters is 2. The van der Waals surface area contributed by atoms with Gasteiger partial charge in [0.2, 0.25) is 0 Å². The summed E-state index contributed by atoms with van der Waals surface area (Å²) in [5.41, 5.74) is 0. The van der Waals surface area contributed by atoms with Crippen LogP contribution in [0.15, 0.2) is 0 Å². The van der Waals surface area contributed by atoms with Gasteiger partial charge in [0.25, 0.3) is 0 Å². The normalized spacial score (nSPS) is 32.8. The third-order valence-electron chi connectivity index (χ3n) is 3.82. The van der Waals surface area contributed by atoms with Crippen molar-refractivity contribution in [1.82, 2.24) is 0 Å². The van der Waals surface area contributed by atoms with Gasteiger partial charge in [-0.25, -0.2) is 0 Å². The van der Waals surface area contributed by atoms with Crippen LogP contribution in [0.2, 0.25) is 0 Å². The first kappa shape index (κ1) is 11.6. The van der Waals surface area contributed by atoms with E-state index < -0.39 is 0 Å². The summed E-state index contributed by atoms with van der Waals surface area (Å²) in [6.45, 7) is 0. The number of carbonyl (C=O) groups is 2. The van der Waals surface area contributed by atoms with Gasteiger partial charge in [0.05, 0.1) is 11.8 Å². The predicted molar refractivity (Wildman–Crippen MR) is 59.6 cm³/mol. The lowest BCUT2D eigenvalue weighted by atomic mass is 9.86. The smallest absolute Gasteiger partial charge is 0.317 e. The fourth-order valence-corrected chi connectivity index (χ4v) is 2.83. The first-order chi connectivity index (χ1) is 7.79. The lowest BCUT2D eigenvalue weighted by molar-refractivity contribution is -0.153. The molecule has 2 atom stereocenters. The lowest BCUT2D eigenvalue weighted by Crippen LogP contribution is -2.17. The molecule has 1 aliphatic carbocycles. The molecule has 0 aromatic rings. The fourth-order valence-electron chi connectivity index (χ4n) is 2.83. The molecule has 1 aliphatic heterocycles. The maximum Gasteiger partial charge on any atom is 0.317 e. The van der Waals surface area contributed by atoms with Crippen molar-refractivity contribution >= 4 is 11.9 Å². The third-order valence-corrected chi connectivity index (χ3v) is 3.82. The summed E-state index contributed by atoms with van der Waals surface area (Å²) in [5.74, 6) is -0.806. The van der Waals surface area contributed by atoms with Crippen molar-refractivity contribution in [3.8, 4) is 0 Å². The highest BCUT2D eigenvalue weighted by atomic mass is 16.6. The van der Waals surface area contributed by atoms with E-state index >= 15 is 0 Å². The van der Waals surface area contributed by atoms with Gasteiger partial charge in [0, 0.05) is 0 Å². The first-order valence-corrected chi connectivity index (χ1v) is 6.54. The second kappa shape index (κ2) is 5.46. The van der Waals surface area contributed by atoms with Gasteiger partial charge in [0.1, 0.15) is 0 Å². The molecule has 16 heavy (non-hydrogen) atoms. The van der Waals surface area contributed by atoms with Gasteiger partial charge >= 0.3 is 11.9 Å². The number of ether oxygens (including phenoxy) is 1. The van der Waals surface area contributed by atoms with Gasteiger partial charge in [0.15, 0.2) is 0 Å². The zero-order valence-electron chi connectivity index (χ0n) is 9.74. The Balaban J connectivity index is 1.99. The summed E-state index contributed by atoms with van der Waals surface area (Å²) in [5, 5.41) is 0. The highest BCUT2D eigenvalue weighted by Gasteiger charge is 2.42. The minimum atomic E-state index is -0.269. The van der Waals surface area contributed by atoms with Crippen LogP contribution in [0.5, 0.6) is 0 Å². The van der Waals surface area contributed by atoms with Gasteiger partial charge < -0.3 is 4.74 Å². The molecule has 0 radical (unpaired) electrons. The van der Waals surface area contributed by atoms with Crippen LogP contribution in [0.4, 0.5) is 0 Å². The molecule has 0 aromatic heterocycles. The number of cyclic esters (lactones) is 2. The van der Waals surface area contributed by atoms with Gasteiger partial charge in [-0.05, 0) is 12.8 Å². The molecule has 3 heteroatoms. The Morgan fingerprint density at radius 1 is 0.688 bits per heavy atom. The summed E-state index contributed by atoms with van der Waals surface area (Å²) >= 11 is 0. The van der Waals surface area contributed by atoms with Crippen LogP contribution < -0.4 is 0 Å². The maximum atomic E-state index is 11.5. The Morgan fingerprint density at radius 3 is 1.50 bits per heavy atom. The Labute approximate surface area is 96.5 Å². The van der Waals surface area contributed by atoms with Crippen LogP contribution in [-0.2, 0) is 14.3 Å². The van der Waals surface area contributed by atoms with Gasteiger partial charge in [-0.1, -0.05) is 44.9 Å². The zero-order valence-corrected chi connectivity index (χ0v) is 9.74. The van der Waals surface area contributed by atoms with Crippen LogP contribution in [0.3, 0.4) is 0 Å². The van der Waals surface area contributed by atoms with Gasteiger partial charge in [-0.15, -0.1) is 0 Å². The summed E-state index contributed by atoms with van der Waals surface area (Å²) < 4.78 is 4.75. The number of rotatable bonds is 0. The maximum absolute atomic E-state index is 11.5. The standard InChI is InChI=1S/C13H20O3/c14-12-10-8-6-4-2-1-3-5-7-9-11(10)13(15)16-12/h10-11H,1-9H2. The molecule has 3 nitrogen and oxygen atoms in total. The second-order valence-corrected chi connectivity index (χ2v) is 5.01. The largest absolute Gasteiger partial charge is 0.393 e. The number of hydrogen-bond acceptors (Lipinski definition) is 3. The van der Waals surface area contributed by atoms with Crippen molar-refractivity contribution in [2.75, 3.05) is 0 Å². The molecule has 0 bridgehead atoms. The number of hydrogen-bond donors (Lipinski definition) is 0. The van der Waals surface area contributed by atoms with Crippen LogP contribution >= 0.6 is 0 Å². The van der Waals surface area contributed by atoms with Crippen LogP contribution in [0.25, 0.3) is 0 Å². The topological polar surface area (TPSA) is 43.4 Å². The zero-order chi connectivity index (χ0) is 11.4. The van der Waals surface area contributed by atoms with Crippen molar-refractivity contribution in [1.29, 1.82) is 0 Å². The van der Waals surface area contributed by atoms with E-state index in [1.54, 1.807) is 0 Å². The lowest BCUT2D eigenvalue weighted by Gasteiger charge is -2.12. The van der Waals surface area contributed by atoms with Crippen molar-refractivity contribution in [2.45, 2.75) is 57.8 Å². The number of carbonyl (C=O) groups excluding carboxylic acids is 2. The minimum absolute atomic E-state index is 0.134. The van der Waals surface area contributed by atoms with Gasteiger partial charge in [-0.3, -0.25) is 9.59 Å². The van der Waals surface area contributed by atoms with E-state index in [1.807, 2.05) is 0 Å². The molecule has 0 N–H and O–H groups in total. The van der Waals surface area contributed by atoms with Crippen molar-refractivity contribution in [3.05, 3.63) is 0 Å². The quantitative estimate of drug-likeness (QED) is 0.469. The minimum Gasteiger partial charge on any atom is -0.393 e. The monoisotopic (exact) mass is 224 g/mol. The average molecular weight is 224 g/mol. The van der Waals surface area contributed by atoms with E-state index in [2.05, 4.69) is 0 Å². The van der Waals surface area contributed by atoms with Gasteiger partial charge in [-0.2, -0.15) is 0 Å². The molecule has 2 aliphatic rings. The first-order valence-electron chi connectivity index (χ1n) is 6.54. The van der Waals surface area contributed by atoms with E-state index in [0.717, 1.165) is 25.7 Å². The van der Waals surface area contributed by atoms with E-state index in [0.29, 0.717) is 0 Å². The Hall–Kier alpha value is -0.860. The molecular formula is C13H20O3.